The van der Waals surface area contributed by atoms with Crippen LogP contribution < -0.4 is 16.2 Å². The molecule has 7 nitrogen and oxygen atoms in total. The van der Waals surface area contributed by atoms with Gasteiger partial charge in [0, 0.05) is 43.3 Å². The molecule has 4 rings (SSSR count). The number of hydrogen-bond acceptors (Lipinski definition) is 4. The molecule has 0 unspecified atom stereocenters. The van der Waals surface area contributed by atoms with Crippen molar-refractivity contribution in [3.05, 3.63) is 64.2 Å². The monoisotopic (exact) mass is 351 g/mol. The van der Waals surface area contributed by atoms with E-state index in [2.05, 4.69) is 20.7 Å². The van der Waals surface area contributed by atoms with Crippen molar-refractivity contribution in [1.82, 2.24) is 25.4 Å². The summed E-state index contributed by atoms with van der Waals surface area (Å²) in [7, 11) is 1.86. The number of para-hydroxylation sites is 1. The van der Waals surface area contributed by atoms with Gasteiger partial charge in [0.05, 0.1) is 11.7 Å². The third-order valence-electron chi connectivity index (χ3n) is 4.96. The van der Waals surface area contributed by atoms with E-state index < -0.39 is 0 Å². The topological polar surface area (TPSA) is 91.8 Å². The molecule has 3 aromatic rings. The maximum absolute atomic E-state index is 12.3. The number of piperidine rings is 1. The lowest BCUT2D eigenvalue weighted by atomic mass is 9.95. The van der Waals surface area contributed by atoms with Gasteiger partial charge in [0.25, 0.3) is 5.56 Å². The molecule has 0 saturated carbocycles. The van der Waals surface area contributed by atoms with Crippen molar-refractivity contribution in [2.45, 2.75) is 31.5 Å². The van der Waals surface area contributed by atoms with Crippen LogP contribution in [0.1, 0.15) is 30.1 Å². The number of carbonyl (C=O) groups excluding carboxylic acids is 1. The summed E-state index contributed by atoms with van der Waals surface area (Å²) < 4.78 is 1.77. The lowest BCUT2D eigenvalue weighted by Gasteiger charge is -2.33. The molecule has 26 heavy (non-hydrogen) atoms. The van der Waals surface area contributed by atoms with Crippen LogP contribution >= 0.6 is 0 Å². The maximum Gasteiger partial charge on any atom is 0.252 e. The van der Waals surface area contributed by atoms with Crippen LogP contribution in [0.4, 0.5) is 0 Å². The van der Waals surface area contributed by atoms with Crippen LogP contribution in [0.3, 0.4) is 0 Å². The number of nitrogens with zero attached hydrogens (tertiary/aromatic N) is 2. The molecule has 1 amide bonds. The van der Waals surface area contributed by atoms with Crippen molar-refractivity contribution in [3.8, 4) is 0 Å². The molecule has 2 atom stereocenters. The third kappa shape index (κ3) is 3.13. The fourth-order valence-corrected chi connectivity index (χ4v) is 3.55. The number of H-pyrrole nitrogens is 1. The summed E-state index contributed by atoms with van der Waals surface area (Å²) in [6, 6.07) is 11.4. The Morgan fingerprint density at radius 1 is 1.27 bits per heavy atom. The van der Waals surface area contributed by atoms with Crippen LogP contribution in [0.15, 0.2) is 47.4 Å². The number of aromatic amines is 1. The second kappa shape index (κ2) is 6.76. The van der Waals surface area contributed by atoms with E-state index in [-0.39, 0.29) is 23.6 Å². The molecule has 134 valence electrons. The minimum Gasteiger partial charge on any atom is -0.346 e. The number of aryl methyl sites for hydroxylation is 1. The van der Waals surface area contributed by atoms with Gasteiger partial charge in [-0.2, -0.15) is 5.10 Å². The third-order valence-corrected chi connectivity index (χ3v) is 4.96. The number of hydrogen-bond donors (Lipinski definition) is 3. The van der Waals surface area contributed by atoms with Crippen LogP contribution in [0.25, 0.3) is 10.9 Å². The minimum absolute atomic E-state index is 0.0361. The average Bonchev–Trinajstić information content (AvgIpc) is 3.06. The van der Waals surface area contributed by atoms with Crippen LogP contribution in [0, 0.1) is 0 Å². The summed E-state index contributed by atoms with van der Waals surface area (Å²) in [6.45, 7) is 0.440. The van der Waals surface area contributed by atoms with Gasteiger partial charge in [-0.25, -0.2) is 0 Å². The first-order valence-electron chi connectivity index (χ1n) is 8.73. The van der Waals surface area contributed by atoms with E-state index in [4.69, 9.17) is 0 Å². The fraction of sp³-hybridized carbons (Fsp3) is 0.316. The lowest BCUT2D eigenvalue weighted by molar-refractivity contribution is -0.124. The Balaban J connectivity index is 1.56. The Labute approximate surface area is 150 Å². The first-order chi connectivity index (χ1) is 12.6. The highest BCUT2D eigenvalue weighted by molar-refractivity contribution is 5.79. The molecule has 0 spiro atoms. The number of rotatable bonds is 4. The standard InChI is InChI=1S/C19H21N5O2/c1-24-16(8-9-21-24)18-15(6-7-17(25)23-18)20-11-13-10-12-4-2-3-5-14(12)22-19(13)26/h2-5,8-10,15,18,20H,6-7,11H2,1H3,(H,22,26)(H,23,25)/t15-,18-/m1/s1. The number of nitrogens with one attached hydrogen (secondary N) is 3. The molecule has 0 radical (unpaired) electrons. The van der Waals surface area contributed by atoms with E-state index in [1.165, 1.54) is 0 Å². The smallest absolute Gasteiger partial charge is 0.252 e. The number of benzene rings is 1. The Bertz CT molecular complexity index is 1010. The average molecular weight is 351 g/mol. The van der Waals surface area contributed by atoms with Crippen molar-refractivity contribution in [2.75, 3.05) is 0 Å². The molecule has 3 heterocycles. The first-order valence-corrected chi connectivity index (χ1v) is 8.73. The van der Waals surface area contributed by atoms with Gasteiger partial charge < -0.3 is 15.6 Å². The van der Waals surface area contributed by atoms with Crippen molar-refractivity contribution in [3.63, 3.8) is 0 Å². The number of pyridine rings is 1. The lowest BCUT2D eigenvalue weighted by Crippen LogP contribution is -2.49. The van der Waals surface area contributed by atoms with E-state index >= 15 is 0 Å². The first kappa shape index (κ1) is 16.5. The van der Waals surface area contributed by atoms with Crippen LogP contribution in [-0.2, 0) is 18.4 Å². The summed E-state index contributed by atoms with van der Waals surface area (Å²) in [6.07, 6.45) is 2.91. The Kier molecular flexibility index (Phi) is 4.30. The summed E-state index contributed by atoms with van der Waals surface area (Å²) in [4.78, 5) is 27.1. The van der Waals surface area contributed by atoms with Gasteiger partial charge in [0.1, 0.15) is 0 Å². The number of carbonyl (C=O) groups is 1. The van der Waals surface area contributed by atoms with Crippen LogP contribution in [0.2, 0.25) is 0 Å². The van der Waals surface area contributed by atoms with Crippen LogP contribution in [0.5, 0.6) is 0 Å². The van der Waals surface area contributed by atoms with E-state index in [1.54, 1.807) is 10.9 Å². The van der Waals surface area contributed by atoms with Gasteiger partial charge in [-0.05, 0) is 30.0 Å². The molecule has 2 aromatic heterocycles. The largest absolute Gasteiger partial charge is 0.346 e. The summed E-state index contributed by atoms with van der Waals surface area (Å²) >= 11 is 0. The van der Waals surface area contributed by atoms with Crippen molar-refractivity contribution in [2.24, 2.45) is 7.05 Å². The molecule has 1 fully saturated rings. The molecule has 3 N–H and O–H groups in total. The quantitative estimate of drug-likeness (QED) is 0.662. The molecule has 1 aliphatic rings. The maximum atomic E-state index is 12.3. The van der Waals surface area contributed by atoms with Gasteiger partial charge in [0.15, 0.2) is 0 Å². The Hall–Kier alpha value is -2.93. The fourth-order valence-electron chi connectivity index (χ4n) is 3.55. The number of aromatic nitrogens is 3. The Morgan fingerprint density at radius 3 is 2.92 bits per heavy atom. The molecule has 0 aliphatic carbocycles. The molecule has 1 aliphatic heterocycles. The number of fused-ring (bicyclic) bond motifs is 1. The zero-order chi connectivity index (χ0) is 18.1. The predicted molar refractivity (Wildman–Crippen MR) is 98.5 cm³/mol. The van der Waals surface area contributed by atoms with Crippen molar-refractivity contribution >= 4 is 16.8 Å². The SMILES string of the molecule is Cn1nccc1[C@@H]1NC(=O)CC[C@H]1NCc1cc2ccccc2[nH]c1=O. The second-order valence-electron chi connectivity index (χ2n) is 6.66. The molecule has 1 aromatic carbocycles. The van der Waals surface area contributed by atoms with Gasteiger partial charge >= 0.3 is 0 Å². The zero-order valence-electron chi connectivity index (χ0n) is 14.5. The predicted octanol–water partition coefficient (Wildman–Crippen LogP) is 1.37. The minimum atomic E-state index is -0.164. The van der Waals surface area contributed by atoms with E-state index in [0.29, 0.717) is 24.9 Å². The molecule has 1 saturated heterocycles. The molecule has 7 heteroatoms. The highest BCUT2D eigenvalue weighted by Gasteiger charge is 2.31. The van der Waals surface area contributed by atoms with Gasteiger partial charge in [-0.15, -0.1) is 0 Å². The zero-order valence-corrected chi connectivity index (χ0v) is 14.5. The summed E-state index contributed by atoms with van der Waals surface area (Å²) in [5.74, 6) is 0.0396. The molecular formula is C19H21N5O2. The van der Waals surface area contributed by atoms with E-state index in [9.17, 15) is 9.59 Å². The number of amides is 1. The van der Waals surface area contributed by atoms with E-state index in [1.807, 2.05) is 43.4 Å². The molecular weight excluding hydrogens is 330 g/mol. The van der Waals surface area contributed by atoms with Crippen molar-refractivity contribution < 1.29 is 4.79 Å². The molecule has 0 bridgehead atoms. The highest BCUT2D eigenvalue weighted by atomic mass is 16.1. The highest BCUT2D eigenvalue weighted by Crippen LogP contribution is 2.24. The normalized spacial score (nSPS) is 20.3. The summed E-state index contributed by atoms with van der Waals surface area (Å²) in [5, 5.41) is 11.7. The van der Waals surface area contributed by atoms with E-state index in [0.717, 1.165) is 16.6 Å². The van der Waals surface area contributed by atoms with Crippen molar-refractivity contribution in [1.29, 1.82) is 0 Å². The van der Waals surface area contributed by atoms with Gasteiger partial charge in [-0.1, -0.05) is 18.2 Å². The van der Waals surface area contributed by atoms with Gasteiger partial charge in [-0.3, -0.25) is 14.3 Å². The summed E-state index contributed by atoms with van der Waals surface area (Å²) in [5.41, 5.74) is 2.37. The van der Waals surface area contributed by atoms with Gasteiger partial charge in [0.2, 0.25) is 5.91 Å². The second-order valence-corrected chi connectivity index (χ2v) is 6.66. The Morgan fingerprint density at radius 2 is 2.12 bits per heavy atom. The van der Waals surface area contributed by atoms with Crippen LogP contribution in [-0.4, -0.2) is 26.7 Å².